The van der Waals surface area contributed by atoms with E-state index in [1.54, 1.807) is 42.5 Å². The van der Waals surface area contributed by atoms with Crippen LogP contribution in [0.15, 0.2) is 77.7 Å². The zero-order valence-corrected chi connectivity index (χ0v) is 22.1. The van der Waals surface area contributed by atoms with E-state index in [1.165, 1.54) is 4.31 Å². The first-order valence-corrected chi connectivity index (χ1v) is 14.1. The number of anilines is 1. The maximum atomic E-state index is 13.7. The number of sulfonamides is 1. The Morgan fingerprint density at radius 1 is 1.00 bits per heavy atom. The standard InChI is InChI=1S/C29H32N2O5S/c1-4-29(5-2)18-23(22-13-9-10-14-25(22)36-29)30-28(32)27-19-31(24-16-15-20(3)17-26(24)35-27)37(33,34)21-11-7-6-8-12-21/h6-17,23,27H,4-5,18-19H2,1-3H3,(H,30,32)/t23-,27-/m0/s1. The molecule has 0 saturated heterocycles. The zero-order chi connectivity index (χ0) is 26.2. The molecule has 0 saturated carbocycles. The average molecular weight is 521 g/mol. The highest BCUT2D eigenvalue weighted by Gasteiger charge is 2.42. The van der Waals surface area contributed by atoms with Crippen molar-refractivity contribution in [1.82, 2.24) is 5.32 Å². The summed E-state index contributed by atoms with van der Waals surface area (Å²) >= 11 is 0. The summed E-state index contributed by atoms with van der Waals surface area (Å²) in [6, 6.07) is 21.0. The van der Waals surface area contributed by atoms with Crippen molar-refractivity contribution < 1.29 is 22.7 Å². The summed E-state index contributed by atoms with van der Waals surface area (Å²) in [4.78, 5) is 13.8. The predicted octanol–water partition coefficient (Wildman–Crippen LogP) is 5.15. The zero-order valence-electron chi connectivity index (χ0n) is 21.3. The van der Waals surface area contributed by atoms with Crippen LogP contribution in [0.2, 0.25) is 0 Å². The summed E-state index contributed by atoms with van der Waals surface area (Å²) in [6.45, 7) is 5.95. The molecule has 37 heavy (non-hydrogen) atoms. The lowest BCUT2D eigenvalue weighted by molar-refractivity contribution is -0.129. The number of hydrogen-bond acceptors (Lipinski definition) is 5. The highest BCUT2D eigenvalue weighted by Crippen LogP contribution is 2.43. The number of hydrogen-bond donors (Lipinski definition) is 1. The van der Waals surface area contributed by atoms with Crippen molar-refractivity contribution in [2.45, 2.75) is 62.7 Å². The molecule has 7 nitrogen and oxygen atoms in total. The number of fused-ring (bicyclic) bond motifs is 2. The van der Waals surface area contributed by atoms with Gasteiger partial charge < -0.3 is 14.8 Å². The third-order valence-corrected chi connectivity index (χ3v) is 9.20. The van der Waals surface area contributed by atoms with Crippen molar-refractivity contribution >= 4 is 21.6 Å². The first-order valence-electron chi connectivity index (χ1n) is 12.7. The molecule has 2 heterocycles. The number of aryl methyl sites for hydroxylation is 1. The van der Waals surface area contributed by atoms with E-state index in [1.807, 2.05) is 37.3 Å². The molecule has 0 aromatic heterocycles. The van der Waals surface area contributed by atoms with Gasteiger partial charge >= 0.3 is 0 Å². The largest absolute Gasteiger partial charge is 0.487 e. The summed E-state index contributed by atoms with van der Waals surface area (Å²) < 4.78 is 41.1. The summed E-state index contributed by atoms with van der Waals surface area (Å²) in [5, 5.41) is 3.16. The lowest BCUT2D eigenvalue weighted by Gasteiger charge is -2.42. The molecule has 0 unspecified atom stereocenters. The number of carbonyl (C=O) groups is 1. The highest BCUT2D eigenvalue weighted by atomic mass is 32.2. The minimum Gasteiger partial charge on any atom is -0.487 e. The van der Waals surface area contributed by atoms with E-state index in [-0.39, 0.29) is 29.0 Å². The van der Waals surface area contributed by atoms with Crippen LogP contribution in [0.25, 0.3) is 0 Å². The van der Waals surface area contributed by atoms with Crippen LogP contribution in [-0.2, 0) is 14.8 Å². The van der Waals surface area contributed by atoms with Crippen molar-refractivity contribution in [3.63, 3.8) is 0 Å². The topological polar surface area (TPSA) is 84.9 Å². The minimum absolute atomic E-state index is 0.128. The quantitative estimate of drug-likeness (QED) is 0.486. The third kappa shape index (κ3) is 4.66. The van der Waals surface area contributed by atoms with Crippen molar-refractivity contribution in [2.75, 3.05) is 10.8 Å². The number of ether oxygens (including phenoxy) is 2. The van der Waals surface area contributed by atoms with E-state index >= 15 is 0 Å². The Labute approximate surface area is 218 Å². The number of nitrogens with one attached hydrogen (secondary N) is 1. The first-order chi connectivity index (χ1) is 17.8. The second kappa shape index (κ2) is 9.74. The second-order valence-electron chi connectivity index (χ2n) is 9.72. The Balaban J connectivity index is 1.47. The molecule has 3 aromatic carbocycles. The van der Waals surface area contributed by atoms with E-state index in [2.05, 4.69) is 19.2 Å². The van der Waals surface area contributed by atoms with Crippen LogP contribution >= 0.6 is 0 Å². The fraction of sp³-hybridized carbons (Fsp3) is 0.345. The molecule has 2 atom stereocenters. The number of para-hydroxylation sites is 1. The van der Waals surface area contributed by atoms with Gasteiger partial charge in [0.1, 0.15) is 17.1 Å². The first kappa shape index (κ1) is 25.1. The van der Waals surface area contributed by atoms with Crippen LogP contribution in [0.1, 0.15) is 50.3 Å². The molecule has 0 fully saturated rings. The Kier molecular flexibility index (Phi) is 6.62. The Morgan fingerprint density at radius 3 is 2.43 bits per heavy atom. The molecule has 1 N–H and O–H groups in total. The molecule has 0 aliphatic carbocycles. The number of rotatable bonds is 6. The van der Waals surface area contributed by atoms with Gasteiger partial charge in [-0.15, -0.1) is 0 Å². The molecular formula is C29H32N2O5S. The fourth-order valence-corrected chi connectivity index (χ4v) is 6.64. The van der Waals surface area contributed by atoms with Gasteiger partial charge in [0.25, 0.3) is 15.9 Å². The van der Waals surface area contributed by atoms with Crippen molar-refractivity contribution in [3.8, 4) is 11.5 Å². The highest BCUT2D eigenvalue weighted by molar-refractivity contribution is 7.92. The van der Waals surface area contributed by atoms with E-state index < -0.39 is 16.1 Å². The molecule has 5 rings (SSSR count). The monoisotopic (exact) mass is 520 g/mol. The molecule has 2 aliphatic rings. The summed E-state index contributed by atoms with van der Waals surface area (Å²) in [7, 11) is -3.91. The van der Waals surface area contributed by atoms with Crippen LogP contribution in [-0.4, -0.2) is 32.6 Å². The third-order valence-electron chi connectivity index (χ3n) is 7.41. The fourth-order valence-electron chi connectivity index (χ4n) is 5.14. The smallest absolute Gasteiger partial charge is 0.264 e. The molecule has 0 bridgehead atoms. The maximum absolute atomic E-state index is 13.7. The van der Waals surface area contributed by atoms with Crippen molar-refractivity contribution in [3.05, 3.63) is 83.9 Å². The van der Waals surface area contributed by atoms with Crippen molar-refractivity contribution in [1.29, 1.82) is 0 Å². The summed E-state index contributed by atoms with van der Waals surface area (Å²) in [6.07, 6.45) is 1.22. The SMILES string of the molecule is CCC1(CC)C[C@H](NC(=O)[C@@H]2CN(S(=O)(=O)c3ccccc3)c3ccc(C)cc3O2)c2ccccc2O1. The molecule has 0 spiro atoms. The van der Waals surface area contributed by atoms with Gasteiger partial charge in [-0.05, 0) is 55.7 Å². The van der Waals surface area contributed by atoms with Gasteiger partial charge in [-0.1, -0.05) is 56.3 Å². The molecule has 8 heteroatoms. The number of carbonyl (C=O) groups excluding carboxylic acids is 1. The predicted molar refractivity (Wildman–Crippen MR) is 142 cm³/mol. The van der Waals surface area contributed by atoms with Crippen LogP contribution in [0.3, 0.4) is 0 Å². The van der Waals surface area contributed by atoms with Gasteiger partial charge in [0, 0.05) is 12.0 Å². The van der Waals surface area contributed by atoms with Crippen LogP contribution in [0, 0.1) is 6.92 Å². The molecule has 2 aliphatic heterocycles. The van der Waals surface area contributed by atoms with Gasteiger partial charge in [0.05, 0.1) is 23.2 Å². The van der Waals surface area contributed by atoms with E-state index in [0.717, 1.165) is 29.7 Å². The van der Waals surface area contributed by atoms with Crippen LogP contribution in [0.4, 0.5) is 5.69 Å². The number of amides is 1. The summed E-state index contributed by atoms with van der Waals surface area (Å²) in [5.74, 6) is 0.777. The molecule has 194 valence electrons. The van der Waals surface area contributed by atoms with E-state index in [9.17, 15) is 13.2 Å². The minimum atomic E-state index is -3.91. The lowest BCUT2D eigenvalue weighted by Crippen LogP contribution is -2.52. The normalized spacial score (nSPS) is 20.1. The second-order valence-corrected chi connectivity index (χ2v) is 11.6. The molecular weight excluding hydrogens is 488 g/mol. The van der Waals surface area contributed by atoms with Gasteiger partial charge in [-0.3, -0.25) is 9.10 Å². The summed E-state index contributed by atoms with van der Waals surface area (Å²) in [5.41, 5.74) is 1.86. The van der Waals surface area contributed by atoms with Crippen LogP contribution < -0.4 is 19.1 Å². The van der Waals surface area contributed by atoms with Gasteiger partial charge in [0.15, 0.2) is 6.10 Å². The van der Waals surface area contributed by atoms with E-state index in [0.29, 0.717) is 17.9 Å². The maximum Gasteiger partial charge on any atom is 0.264 e. The average Bonchev–Trinajstić information content (AvgIpc) is 2.92. The number of benzene rings is 3. The van der Waals surface area contributed by atoms with Crippen molar-refractivity contribution in [2.24, 2.45) is 0 Å². The van der Waals surface area contributed by atoms with Crippen LogP contribution in [0.5, 0.6) is 11.5 Å². The van der Waals surface area contributed by atoms with Gasteiger partial charge in [-0.2, -0.15) is 0 Å². The Hall–Kier alpha value is -3.52. The van der Waals surface area contributed by atoms with E-state index in [4.69, 9.17) is 9.47 Å². The molecule has 1 amide bonds. The Bertz CT molecular complexity index is 1400. The molecule has 3 aromatic rings. The number of nitrogens with zero attached hydrogens (tertiary/aromatic N) is 1. The van der Waals surface area contributed by atoms with Gasteiger partial charge in [0.2, 0.25) is 0 Å². The molecule has 0 radical (unpaired) electrons. The lowest BCUT2D eigenvalue weighted by atomic mass is 9.83. The van der Waals surface area contributed by atoms with Gasteiger partial charge in [-0.25, -0.2) is 8.42 Å². The Morgan fingerprint density at radius 2 is 1.70 bits per heavy atom.